The lowest BCUT2D eigenvalue weighted by molar-refractivity contribution is 0.716. The Labute approximate surface area is 131 Å². The molecule has 2 aliphatic rings. The number of thiocarbonyl (C=S) groups is 1. The molecule has 1 saturated carbocycles. The van der Waals surface area contributed by atoms with Gasteiger partial charge in [0.15, 0.2) is 5.11 Å². The van der Waals surface area contributed by atoms with Crippen LogP contribution in [0.4, 0.5) is 0 Å². The summed E-state index contributed by atoms with van der Waals surface area (Å²) in [4.78, 5) is 4.75. The number of nitrogens with one attached hydrogen (secondary N) is 2. The standard InChI is InChI=1S/C17H21N3S/c21-17(19-14-9-10-14)20-16-8-4-7-15(11-16)18-12-13-5-2-1-3-6-13/h1-6,8,14,16H,7,9-12H2,(H2,19,20,21). The van der Waals surface area contributed by atoms with Crippen molar-refractivity contribution in [2.45, 2.75) is 44.3 Å². The van der Waals surface area contributed by atoms with E-state index in [4.69, 9.17) is 17.2 Å². The third kappa shape index (κ3) is 4.67. The Balaban J connectivity index is 1.51. The van der Waals surface area contributed by atoms with Crippen LogP contribution >= 0.6 is 12.2 Å². The summed E-state index contributed by atoms with van der Waals surface area (Å²) in [5.41, 5.74) is 2.50. The Kier molecular flexibility index (Phi) is 4.65. The Morgan fingerprint density at radius 2 is 2.00 bits per heavy atom. The second kappa shape index (κ2) is 6.85. The van der Waals surface area contributed by atoms with Gasteiger partial charge in [-0.05, 0) is 30.6 Å². The zero-order valence-corrected chi connectivity index (χ0v) is 12.9. The van der Waals surface area contributed by atoms with Gasteiger partial charge in [-0.3, -0.25) is 4.99 Å². The summed E-state index contributed by atoms with van der Waals surface area (Å²) >= 11 is 5.33. The highest BCUT2D eigenvalue weighted by molar-refractivity contribution is 7.80. The molecule has 3 rings (SSSR count). The van der Waals surface area contributed by atoms with Crippen LogP contribution in [0, 0.1) is 0 Å². The monoisotopic (exact) mass is 299 g/mol. The number of benzene rings is 1. The minimum Gasteiger partial charge on any atom is -0.360 e. The van der Waals surface area contributed by atoms with Crippen LogP contribution in [-0.4, -0.2) is 22.9 Å². The number of aliphatic imine (C=N–C) groups is 1. The van der Waals surface area contributed by atoms with Crippen molar-refractivity contribution in [2.24, 2.45) is 4.99 Å². The predicted molar refractivity (Wildman–Crippen MR) is 91.6 cm³/mol. The molecule has 0 aromatic heterocycles. The summed E-state index contributed by atoms with van der Waals surface area (Å²) in [6.45, 7) is 0.765. The van der Waals surface area contributed by atoms with Crippen molar-refractivity contribution >= 4 is 23.0 Å². The molecule has 2 N–H and O–H groups in total. The van der Waals surface area contributed by atoms with E-state index in [1.54, 1.807) is 0 Å². The molecular weight excluding hydrogens is 278 g/mol. The number of allylic oxidation sites excluding steroid dienone is 1. The lowest BCUT2D eigenvalue weighted by Gasteiger charge is -2.21. The second-order valence-corrected chi connectivity index (χ2v) is 6.11. The van der Waals surface area contributed by atoms with Gasteiger partial charge in [0.25, 0.3) is 0 Å². The quantitative estimate of drug-likeness (QED) is 0.663. The highest BCUT2D eigenvalue weighted by Crippen LogP contribution is 2.18. The molecule has 2 aliphatic carbocycles. The molecule has 1 aromatic rings. The number of hydrogen-bond acceptors (Lipinski definition) is 2. The molecule has 1 atom stereocenters. The van der Waals surface area contributed by atoms with E-state index in [1.807, 2.05) is 6.07 Å². The fourth-order valence-electron chi connectivity index (χ4n) is 2.41. The van der Waals surface area contributed by atoms with Crippen LogP contribution in [0.25, 0.3) is 0 Å². The van der Waals surface area contributed by atoms with E-state index in [9.17, 15) is 0 Å². The van der Waals surface area contributed by atoms with Gasteiger partial charge in [0.2, 0.25) is 0 Å². The normalized spacial score (nSPS) is 23.0. The van der Waals surface area contributed by atoms with Crippen molar-refractivity contribution in [1.29, 1.82) is 0 Å². The molecule has 0 spiro atoms. The van der Waals surface area contributed by atoms with E-state index < -0.39 is 0 Å². The molecule has 110 valence electrons. The molecule has 0 heterocycles. The molecule has 0 amide bonds. The van der Waals surface area contributed by atoms with Gasteiger partial charge in [-0.25, -0.2) is 0 Å². The topological polar surface area (TPSA) is 36.4 Å². The van der Waals surface area contributed by atoms with Crippen LogP contribution in [0.15, 0.2) is 47.5 Å². The van der Waals surface area contributed by atoms with Gasteiger partial charge in [0.1, 0.15) is 0 Å². The average Bonchev–Trinajstić information content (AvgIpc) is 3.30. The van der Waals surface area contributed by atoms with Crippen molar-refractivity contribution in [3.05, 3.63) is 48.0 Å². The molecular formula is C17H21N3S. The van der Waals surface area contributed by atoms with E-state index in [0.717, 1.165) is 24.5 Å². The van der Waals surface area contributed by atoms with Gasteiger partial charge in [0, 0.05) is 24.6 Å². The fourth-order valence-corrected chi connectivity index (χ4v) is 2.73. The van der Waals surface area contributed by atoms with Crippen molar-refractivity contribution < 1.29 is 0 Å². The molecule has 1 aromatic carbocycles. The van der Waals surface area contributed by atoms with Crippen LogP contribution < -0.4 is 10.6 Å². The number of hydrogen-bond donors (Lipinski definition) is 2. The summed E-state index contributed by atoms with van der Waals surface area (Å²) in [6.07, 6.45) is 8.76. The maximum absolute atomic E-state index is 5.33. The van der Waals surface area contributed by atoms with Gasteiger partial charge in [-0.2, -0.15) is 0 Å². The molecule has 0 aliphatic heterocycles. The van der Waals surface area contributed by atoms with Gasteiger partial charge in [-0.15, -0.1) is 0 Å². The summed E-state index contributed by atoms with van der Waals surface area (Å²) in [5, 5.41) is 7.47. The molecule has 0 bridgehead atoms. The van der Waals surface area contributed by atoms with Crippen LogP contribution in [-0.2, 0) is 6.54 Å². The van der Waals surface area contributed by atoms with Gasteiger partial charge >= 0.3 is 0 Å². The SMILES string of the molecule is S=C(NC1C=CCC(=NCc2ccccc2)C1)NC1CC1. The molecule has 3 nitrogen and oxygen atoms in total. The number of nitrogens with zero attached hydrogens (tertiary/aromatic N) is 1. The maximum atomic E-state index is 5.33. The van der Waals surface area contributed by atoms with E-state index in [2.05, 4.69) is 47.1 Å². The Bertz CT molecular complexity index is 546. The second-order valence-electron chi connectivity index (χ2n) is 5.70. The highest BCUT2D eigenvalue weighted by Gasteiger charge is 2.23. The smallest absolute Gasteiger partial charge is 0.166 e. The zero-order valence-electron chi connectivity index (χ0n) is 12.1. The van der Waals surface area contributed by atoms with Crippen molar-refractivity contribution in [3.63, 3.8) is 0 Å². The number of rotatable bonds is 4. The first-order valence-electron chi connectivity index (χ1n) is 7.59. The Morgan fingerprint density at radius 1 is 1.19 bits per heavy atom. The van der Waals surface area contributed by atoms with Crippen molar-refractivity contribution in [3.8, 4) is 0 Å². The minimum atomic E-state index is 0.270. The zero-order chi connectivity index (χ0) is 14.5. The van der Waals surface area contributed by atoms with E-state index in [1.165, 1.54) is 24.1 Å². The lowest BCUT2D eigenvalue weighted by atomic mass is 10.0. The first kappa shape index (κ1) is 14.3. The first-order valence-corrected chi connectivity index (χ1v) is 8.00. The highest BCUT2D eigenvalue weighted by atomic mass is 32.1. The van der Waals surface area contributed by atoms with Gasteiger partial charge in [0.05, 0.1) is 12.6 Å². The summed E-state index contributed by atoms with van der Waals surface area (Å²) in [6, 6.07) is 11.3. The Hall–Kier alpha value is -1.68. The van der Waals surface area contributed by atoms with Gasteiger partial charge in [-0.1, -0.05) is 42.5 Å². The summed E-state index contributed by atoms with van der Waals surface area (Å²) in [7, 11) is 0. The third-order valence-electron chi connectivity index (χ3n) is 3.73. The largest absolute Gasteiger partial charge is 0.360 e. The van der Waals surface area contributed by atoms with Gasteiger partial charge < -0.3 is 10.6 Å². The summed E-state index contributed by atoms with van der Waals surface area (Å²) in [5.74, 6) is 0. The van der Waals surface area contributed by atoms with Crippen LogP contribution in [0.1, 0.15) is 31.2 Å². The molecule has 21 heavy (non-hydrogen) atoms. The fraction of sp³-hybridized carbons (Fsp3) is 0.412. The molecule has 4 heteroatoms. The van der Waals surface area contributed by atoms with E-state index >= 15 is 0 Å². The third-order valence-corrected chi connectivity index (χ3v) is 3.97. The molecule has 0 saturated heterocycles. The predicted octanol–water partition coefficient (Wildman–Crippen LogP) is 2.97. The van der Waals surface area contributed by atoms with Crippen LogP contribution in [0.2, 0.25) is 0 Å². The lowest BCUT2D eigenvalue weighted by Crippen LogP contribution is -2.43. The van der Waals surface area contributed by atoms with Crippen LogP contribution in [0.3, 0.4) is 0 Å². The van der Waals surface area contributed by atoms with Crippen molar-refractivity contribution in [1.82, 2.24) is 10.6 Å². The molecule has 1 fully saturated rings. The minimum absolute atomic E-state index is 0.270. The van der Waals surface area contributed by atoms with E-state index in [0.29, 0.717) is 6.04 Å². The summed E-state index contributed by atoms with van der Waals surface area (Å²) < 4.78 is 0. The van der Waals surface area contributed by atoms with E-state index in [-0.39, 0.29) is 6.04 Å². The Morgan fingerprint density at radius 3 is 2.76 bits per heavy atom. The molecule has 1 unspecified atom stereocenters. The first-order chi connectivity index (χ1) is 10.3. The maximum Gasteiger partial charge on any atom is 0.166 e. The van der Waals surface area contributed by atoms with Crippen LogP contribution in [0.5, 0.6) is 0 Å². The molecule has 0 radical (unpaired) electrons. The van der Waals surface area contributed by atoms with Crippen molar-refractivity contribution in [2.75, 3.05) is 0 Å². The average molecular weight is 299 g/mol.